The fourth-order valence-electron chi connectivity index (χ4n) is 1.22. The number of carboxylic acids is 1. The second-order valence-corrected chi connectivity index (χ2v) is 4.98. The molecule has 24 heavy (non-hydrogen) atoms. The Balaban J connectivity index is -0.000000294. The van der Waals surface area contributed by atoms with E-state index in [0.29, 0.717) is 13.2 Å². The van der Waals surface area contributed by atoms with Crippen molar-refractivity contribution >= 4 is 5.97 Å². The molecule has 1 atom stereocenters. The topological polar surface area (TPSA) is 126 Å². The van der Waals surface area contributed by atoms with E-state index in [1.54, 1.807) is 0 Å². The van der Waals surface area contributed by atoms with Crippen LogP contribution in [0.25, 0.3) is 0 Å². The van der Waals surface area contributed by atoms with Crippen molar-refractivity contribution in [1.29, 1.82) is 0 Å². The first kappa shape index (κ1) is 27.3. The van der Waals surface area contributed by atoms with Crippen LogP contribution in [0.4, 0.5) is 0 Å². The second kappa shape index (κ2) is 23.8. The minimum Gasteiger partial charge on any atom is -0.478 e. The van der Waals surface area contributed by atoms with Gasteiger partial charge in [0, 0.05) is 5.57 Å². The second-order valence-electron chi connectivity index (χ2n) is 4.98. The van der Waals surface area contributed by atoms with E-state index < -0.39 is 5.97 Å². The molecular formula is C16H33NO7. The Morgan fingerprint density at radius 1 is 1.17 bits per heavy atom. The van der Waals surface area contributed by atoms with Gasteiger partial charge in [0.25, 0.3) is 0 Å². The van der Waals surface area contributed by atoms with Crippen molar-refractivity contribution in [2.24, 2.45) is 5.34 Å². The molecule has 0 fully saturated rings. The molecule has 8 nitrogen and oxygen atoms in total. The summed E-state index contributed by atoms with van der Waals surface area (Å²) in [5, 5.41) is 26.4. The molecule has 8 heteroatoms. The molecule has 0 aliphatic carbocycles. The third kappa shape index (κ3) is 32.4. The lowest BCUT2D eigenvalue weighted by molar-refractivity contribution is -0.132. The van der Waals surface area contributed by atoms with Crippen LogP contribution < -0.4 is 0 Å². The molecule has 0 aliphatic heterocycles. The molecule has 0 spiro atoms. The van der Waals surface area contributed by atoms with E-state index in [0.717, 1.165) is 12.8 Å². The minimum atomic E-state index is -0.935. The van der Waals surface area contributed by atoms with Crippen LogP contribution >= 0.6 is 0 Å². The summed E-state index contributed by atoms with van der Waals surface area (Å²) in [5.74, 6) is -0.935. The predicted octanol–water partition coefficient (Wildman–Crippen LogP) is 2.68. The van der Waals surface area contributed by atoms with Gasteiger partial charge in [-0.1, -0.05) is 32.8 Å². The first-order chi connectivity index (χ1) is 11.4. The zero-order valence-electron chi connectivity index (χ0n) is 15.1. The van der Waals surface area contributed by atoms with Gasteiger partial charge in [0.2, 0.25) is 0 Å². The third-order valence-electron chi connectivity index (χ3n) is 2.52. The van der Waals surface area contributed by atoms with Crippen LogP contribution in [0.15, 0.2) is 17.5 Å². The lowest BCUT2D eigenvalue weighted by atomic mass is 10.1. The van der Waals surface area contributed by atoms with E-state index >= 15 is 0 Å². The number of rotatable bonds is 12. The van der Waals surface area contributed by atoms with Crippen molar-refractivity contribution in [1.82, 2.24) is 0 Å². The standard InChI is InChI=1S/C8H17NO2.C4H10O3.C4H6O2/c1-3-4-5-6-7-8(2)11-9-10;5-1-3-7-4-2-6;1-3(2)4(5)6/h8H,3-7H2,1-2H3;5-6H,1-4H2;1H2,2H3,(H,5,6). The van der Waals surface area contributed by atoms with E-state index in [9.17, 15) is 9.70 Å². The van der Waals surface area contributed by atoms with Gasteiger partial charge in [-0.2, -0.15) is 0 Å². The largest absolute Gasteiger partial charge is 0.478 e. The number of aliphatic hydroxyl groups excluding tert-OH is 2. The maximum atomic E-state index is 9.63. The van der Waals surface area contributed by atoms with Crippen LogP contribution in [0.2, 0.25) is 0 Å². The Hall–Kier alpha value is -1.51. The molecule has 144 valence electrons. The Bertz CT molecular complexity index is 282. The van der Waals surface area contributed by atoms with Crippen molar-refractivity contribution in [3.63, 3.8) is 0 Å². The Morgan fingerprint density at radius 2 is 1.67 bits per heavy atom. The third-order valence-corrected chi connectivity index (χ3v) is 2.52. The minimum absolute atomic E-state index is 0.00986. The smallest absolute Gasteiger partial charge is 0.330 e. The molecule has 0 rings (SSSR count). The summed E-state index contributed by atoms with van der Waals surface area (Å²) in [6.07, 6.45) is 5.78. The van der Waals surface area contributed by atoms with Crippen molar-refractivity contribution in [3.8, 4) is 0 Å². The number of hydrogen-bond donors (Lipinski definition) is 3. The summed E-state index contributed by atoms with van der Waals surface area (Å²) in [5.41, 5.74) is 0.176. The summed E-state index contributed by atoms with van der Waals surface area (Å²) in [7, 11) is 0. The molecule has 0 saturated heterocycles. The molecule has 0 aromatic carbocycles. The molecule has 3 N–H and O–H groups in total. The molecule has 0 saturated carbocycles. The SMILES string of the molecule is C=C(C)C(=O)O.CCCCCCC(C)ON=O.OCCOCCO. The average molecular weight is 351 g/mol. The first-order valence-electron chi connectivity index (χ1n) is 8.03. The summed E-state index contributed by atoms with van der Waals surface area (Å²) in [6, 6.07) is 0. The number of carbonyl (C=O) groups is 1. The van der Waals surface area contributed by atoms with E-state index in [1.165, 1.54) is 26.2 Å². The molecule has 0 radical (unpaired) electrons. The summed E-state index contributed by atoms with van der Waals surface area (Å²) >= 11 is 0. The van der Waals surface area contributed by atoms with Gasteiger partial charge in [-0.15, -0.1) is 4.91 Å². The number of nitrogens with zero attached hydrogens (tertiary/aromatic N) is 1. The van der Waals surface area contributed by atoms with Crippen molar-refractivity contribution in [2.75, 3.05) is 26.4 Å². The Morgan fingerprint density at radius 3 is 2.00 bits per heavy atom. The van der Waals surface area contributed by atoms with E-state index in [2.05, 4.69) is 28.4 Å². The molecule has 0 heterocycles. The van der Waals surface area contributed by atoms with E-state index in [4.69, 9.17) is 15.3 Å². The lowest BCUT2D eigenvalue weighted by Gasteiger charge is -2.05. The monoisotopic (exact) mass is 351 g/mol. The zero-order chi connectivity index (χ0) is 19.2. The van der Waals surface area contributed by atoms with Gasteiger partial charge < -0.3 is 24.9 Å². The van der Waals surface area contributed by atoms with Crippen molar-refractivity contribution < 1.29 is 29.7 Å². The number of aliphatic carboxylic acids is 1. The summed E-state index contributed by atoms with van der Waals surface area (Å²) in [4.78, 5) is 23.7. The number of carboxylic acid groups (broad SMARTS) is 1. The van der Waals surface area contributed by atoms with E-state index in [-0.39, 0.29) is 24.9 Å². The zero-order valence-corrected chi connectivity index (χ0v) is 15.1. The number of ether oxygens (including phenoxy) is 1. The van der Waals surface area contributed by atoms with Crippen LogP contribution in [0, 0.1) is 4.91 Å². The lowest BCUT2D eigenvalue weighted by Crippen LogP contribution is -2.03. The molecule has 0 aromatic heterocycles. The molecule has 1 unspecified atom stereocenters. The Kier molecular flexibility index (Phi) is 27.1. The Labute approximate surface area is 144 Å². The first-order valence-corrected chi connectivity index (χ1v) is 8.03. The summed E-state index contributed by atoms with van der Waals surface area (Å²) in [6.45, 7) is 9.34. The molecular weight excluding hydrogens is 318 g/mol. The number of unbranched alkanes of at least 4 members (excludes halogenated alkanes) is 3. The van der Waals surface area contributed by atoms with Gasteiger partial charge >= 0.3 is 5.97 Å². The fourth-order valence-corrected chi connectivity index (χ4v) is 1.22. The van der Waals surface area contributed by atoms with Gasteiger partial charge in [-0.25, -0.2) is 4.79 Å². The fraction of sp³-hybridized carbons (Fsp3) is 0.812. The van der Waals surface area contributed by atoms with Gasteiger partial charge in [-0.05, 0) is 26.7 Å². The molecule has 0 amide bonds. The van der Waals surface area contributed by atoms with Crippen molar-refractivity contribution in [2.45, 2.75) is 59.0 Å². The highest BCUT2D eigenvalue weighted by Crippen LogP contribution is 2.07. The highest BCUT2D eigenvalue weighted by molar-refractivity contribution is 5.84. The predicted molar refractivity (Wildman–Crippen MR) is 92.5 cm³/mol. The van der Waals surface area contributed by atoms with Gasteiger partial charge in [-0.3, -0.25) is 0 Å². The van der Waals surface area contributed by atoms with Crippen LogP contribution in [0.3, 0.4) is 0 Å². The maximum absolute atomic E-state index is 9.63. The van der Waals surface area contributed by atoms with Crippen LogP contribution in [0.5, 0.6) is 0 Å². The van der Waals surface area contributed by atoms with Gasteiger partial charge in [0.15, 0.2) is 5.34 Å². The average Bonchev–Trinajstić information content (AvgIpc) is 2.53. The van der Waals surface area contributed by atoms with Crippen LogP contribution in [0.1, 0.15) is 52.9 Å². The number of aliphatic hydroxyl groups is 2. The highest BCUT2D eigenvalue weighted by atomic mass is 16.7. The van der Waals surface area contributed by atoms with Gasteiger partial charge in [0.05, 0.1) is 26.4 Å². The van der Waals surface area contributed by atoms with Crippen LogP contribution in [-0.2, 0) is 14.4 Å². The van der Waals surface area contributed by atoms with Gasteiger partial charge in [0.1, 0.15) is 6.10 Å². The van der Waals surface area contributed by atoms with E-state index in [1.807, 2.05) is 6.92 Å². The number of hydrogen-bond acceptors (Lipinski definition) is 7. The molecule has 0 aromatic rings. The van der Waals surface area contributed by atoms with Crippen molar-refractivity contribution in [3.05, 3.63) is 17.1 Å². The quantitative estimate of drug-likeness (QED) is 0.213. The molecule has 0 bridgehead atoms. The summed E-state index contributed by atoms with van der Waals surface area (Å²) < 4.78 is 4.63. The normalized spacial score (nSPS) is 10.4. The van der Waals surface area contributed by atoms with Crippen LogP contribution in [-0.4, -0.2) is 53.8 Å². The highest BCUT2D eigenvalue weighted by Gasteiger charge is 2.01. The maximum Gasteiger partial charge on any atom is 0.330 e. The molecule has 0 aliphatic rings.